The summed E-state index contributed by atoms with van der Waals surface area (Å²) in [7, 11) is 0. The first kappa shape index (κ1) is 17.7. The molecule has 0 bridgehead atoms. The zero-order chi connectivity index (χ0) is 16.7. The fourth-order valence-electron chi connectivity index (χ4n) is 1.62. The number of alkyl halides is 2. The Hall–Kier alpha value is -1.70. The summed E-state index contributed by atoms with van der Waals surface area (Å²) in [5, 5.41) is 7.76. The molecule has 0 amide bonds. The highest BCUT2D eigenvalue weighted by atomic mass is 35.5. The van der Waals surface area contributed by atoms with Crippen molar-refractivity contribution in [2.24, 2.45) is 5.10 Å². The monoisotopic (exact) mass is 371 g/mol. The van der Waals surface area contributed by atoms with Crippen LogP contribution in [0.25, 0.3) is 0 Å². The summed E-state index contributed by atoms with van der Waals surface area (Å²) >= 11 is 11.6. The Bertz CT molecular complexity index is 693. The van der Waals surface area contributed by atoms with E-state index in [0.717, 1.165) is 5.56 Å². The molecule has 0 atom stereocenters. The lowest BCUT2D eigenvalue weighted by Crippen LogP contribution is -2.23. The van der Waals surface area contributed by atoms with Crippen molar-refractivity contribution < 1.29 is 8.78 Å². The van der Waals surface area contributed by atoms with Crippen LogP contribution in [0.1, 0.15) is 5.56 Å². The van der Waals surface area contributed by atoms with Gasteiger partial charge in [0, 0.05) is 21.2 Å². The number of halogens is 3. The van der Waals surface area contributed by atoms with Gasteiger partial charge in [0.15, 0.2) is 5.11 Å². The number of nitrogens with one attached hydrogen (secondary N) is 2. The van der Waals surface area contributed by atoms with Gasteiger partial charge in [-0.3, -0.25) is 5.43 Å². The highest BCUT2D eigenvalue weighted by Gasteiger charge is 2.05. The van der Waals surface area contributed by atoms with Gasteiger partial charge < -0.3 is 5.32 Å². The smallest absolute Gasteiger partial charge is 0.288 e. The standard InChI is InChI=1S/C15H12ClF2N3S2/c16-13-4-2-1-3-10(13)9-19-21-15(22)20-11-5-7-12(8-6-11)23-14(17)18/h1-9,14H,(H2,20,21,22)/b19-9-. The number of anilines is 1. The molecule has 120 valence electrons. The Labute approximate surface area is 147 Å². The molecule has 2 N–H and O–H groups in total. The van der Waals surface area contributed by atoms with E-state index >= 15 is 0 Å². The Balaban J connectivity index is 1.86. The molecular formula is C15H12ClF2N3S2. The van der Waals surface area contributed by atoms with Crippen LogP contribution in [0.3, 0.4) is 0 Å². The van der Waals surface area contributed by atoms with Crippen molar-refractivity contribution in [3.8, 4) is 0 Å². The molecule has 0 aliphatic carbocycles. The van der Waals surface area contributed by atoms with Crippen molar-refractivity contribution in [3.05, 3.63) is 59.1 Å². The van der Waals surface area contributed by atoms with Gasteiger partial charge >= 0.3 is 0 Å². The molecule has 0 aliphatic heterocycles. The average molecular weight is 372 g/mol. The second-order valence-corrected chi connectivity index (χ2v) is 6.13. The van der Waals surface area contributed by atoms with Gasteiger partial charge in [0.1, 0.15) is 0 Å². The second kappa shape index (κ2) is 8.81. The number of benzene rings is 2. The van der Waals surface area contributed by atoms with E-state index in [1.54, 1.807) is 36.5 Å². The molecule has 2 rings (SSSR count). The summed E-state index contributed by atoms with van der Waals surface area (Å²) in [5.41, 5.74) is 4.10. The summed E-state index contributed by atoms with van der Waals surface area (Å²) in [5.74, 6) is -2.43. The maximum absolute atomic E-state index is 12.2. The van der Waals surface area contributed by atoms with Gasteiger partial charge in [0.2, 0.25) is 0 Å². The SMILES string of the molecule is FC(F)Sc1ccc(NC(=S)N/N=C\c2ccccc2Cl)cc1. The molecule has 23 heavy (non-hydrogen) atoms. The lowest BCUT2D eigenvalue weighted by Gasteiger charge is -2.08. The highest BCUT2D eigenvalue weighted by Crippen LogP contribution is 2.26. The van der Waals surface area contributed by atoms with E-state index < -0.39 is 5.76 Å². The largest absolute Gasteiger partial charge is 0.331 e. The van der Waals surface area contributed by atoms with Crippen LogP contribution >= 0.6 is 35.6 Å². The van der Waals surface area contributed by atoms with Gasteiger partial charge in [0.25, 0.3) is 5.76 Å². The number of hydrogen-bond acceptors (Lipinski definition) is 3. The summed E-state index contributed by atoms with van der Waals surface area (Å²) < 4.78 is 24.5. The maximum Gasteiger partial charge on any atom is 0.288 e. The Morgan fingerprint density at radius 2 is 1.87 bits per heavy atom. The van der Waals surface area contributed by atoms with Crippen molar-refractivity contribution in [2.75, 3.05) is 5.32 Å². The van der Waals surface area contributed by atoms with Crippen LogP contribution in [0, 0.1) is 0 Å². The summed E-state index contributed by atoms with van der Waals surface area (Å²) in [6.45, 7) is 0. The number of rotatable bonds is 5. The van der Waals surface area contributed by atoms with Crippen LogP contribution in [-0.4, -0.2) is 17.1 Å². The Kier molecular flexibility index (Phi) is 6.76. The van der Waals surface area contributed by atoms with Gasteiger partial charge in [-0.15, -0.1) is 0 Å². The van der Waals surface area contributed by atoms with E-state index in [1.807, 2.05) is 18.2 Å². The van der Waals surface area contributed by atoms with E-state index in [1.165, 1.54) is 0 Å². The minimum absolute atomic E-state index is 0.280. The van der Waals surface area contributed by atoms with E-state index in [-0.39, 0.29) is 5.11 Å². The fraction of sp³-hybridized carbons (Fsp3) is 0.0667. The Morgan fingerprint density at radius 1 is 1.17 bits per heavy atom. The van der Waals surface area contributed by atoms with Crippen molar-refractivity contribution in [1.82, 2.24) is 5.43 Å². The third kappa shape index (κ3) is 6.13. The van der Waals surface area contributed by atoms with E-state index in [9.17, 15) is 8.78 Å². The van der Waals surface area contributed by atoms with Gasteiger partial charge in [-0.1, -0.05) is 41.6 Å². The minimum Gasteiger partial charge on any atom is -0.331 e. The molecule has 2 aromatic rings. The first-order valence-corrected chi connectivity index (χ1v) is 8.10. The van der Waals surface area contributed by atoms with Crippen LogP contribution in [0.15, 0.2) is 58.5 Å². The molecule has 0 aromatic heterocycles. The molecule has 8 heteroatoms. The number of hydrazone groups is 1. The molecular weight excluding hydrogens is 360 g/mol. The van der Waals surface area contributed by atoms with Gasteiger partial charge in [-0.2, -0.15) is 13.9 Å². The minimum atomic E-state index is -2.43. The fourth-order valence-corrected chi connectivity index (χ4v) is 2.47. The zero-order valence-corrected chi connectivity index (χ0v) is 14.1. The lowest BCUT2D eigenvalue weighted by atomic mass is 10.2. The number of nitrogens with zero attached hydrogens (tertiary/aromatic N) is 1. The predicted molar refractivity (Wildman–Crippen MR) is 96.7 cm³/mol. The van der Waals surface area contributed by atoms with Crippen LogP contribution in [0.2, 0.25) is 5.02 Å². The first-order chi connectivity index (χ1) is 11.0. The van der Waals surface area contributed by atoms with Gasteiger partial charge in [0.05, 0.1) is 6.21 Å². The second-order valence-electron chi connectivity index (χ2n) is 4.25. The number of thiocarbonyl (C=S) groups is 1. The third-order valence-corrected chi connectivity index (χ3v) is 3.87. The molecule has 0 heterocycles. The maximum atomic E-state index is 12.2. The molecule has 0 fully saturated rings. The van der Waals surface area contributed by atoms with Gasteiger partial charge in [-0.05, 0) is 42.5 Å². The summed E-state index contributed by atoms with van der Waals surface area (Å²) in [6.07, 6.45) is 1.55. The van der Waals surface area contributed by atoms with Crippen LogP contribution < -0.4 is 10.7 Å². The van der Waals surface area contributed by atoms with E-state index in [2.05, 4.69) is 15.8 Å². The quantitative estimate of drug-likeness (QED) is 0.336. The van der Waals surface area contributed by atoms with Crippen LogP contribution in [0.4, 0.5) is 14.5 Å². The average Bonchev–Trinajstić information content (AvgIpc) is 2.51. The predicted octanol–water partition coefficient (Wildman–Crippen LogP) is 4.98. The van der Waals surface area contributed by atoms with Gasteiger partial charge in [-0.25, -0.2) is 0 Å². The molecule has 0 unspecified atom stereocenters. The molecule has 0 saturated heterocycles. The first-order valence-electron chi connectivity index (χ1n) is 6.44. The molecule has 0 saturated carbocycles. The van der Waals surface area contributed by atoms with Crippen molar-refractivity contribution >= 4 is 52.6 Å². The number of thioether (sulfide) groups is 1. The van der Waals surface area contributed by atoms with Crippen LogP contribution in [-0.2, 0) is 0 Å². The number of hydrogen-bond donors (Lipinski definition) is 2. The molecule has 2 aromatic carbocycles. The van der Waals surface area contributed by atoms with Crippen LogP contribution in [0.5, 0.6) is 0 Å². The topological polar surface area (TPSA) is 36.4 Å². The molecule has 0 spiro atoms. The lowest BCUT2D eigenvalue weighted by molar-refractivity contribution is 0.252. The third-order valence-electron chi connectivity index (χ3n) is 2.61. The molecule has 0 radical (unpaired) electrons. The van der Waals surface area contributed by atoms with E-state index in [0.29, 0.717) is 27.4 Å². The summed E-state index contributed by atoms with van der Waals surface area (Å²) in [6, 6.07) is 13.8. The van der Waals surface area contributed by atoms with Crippen molar-refractivity contribution in [3.63, 3.8) is 0 Å². The van der Waals surface area contributed by atoms with E-state index in [4.69, 9.17) is 23.8 Å². The normalized spacial score (nSPS) is 11.0. The summed E-state index contributed by atoms with van der Waals surface area (Å²) in [4.78, 5) is 0.487. The van der Waals surface area contributed by atoms with Crippen molar-refractivity contribution in [1.29, 1.82) is 0 Å². The van der Waals surface area contributed by atoms with Crippen molar-refractivity contribution in [2.45, 2.75) is 10.7 Å². The molecule has 0 aliphatic rings. The Morgan fingerprint density at radius 3 is 2.52 bits per heavy atom. The molecule has 3 nitrogen and oxygen atoms in total. The zero-order valence-electron chi connectivity index (χ0n) is 11.7. The highest BCUT2D eigenvalue weighted by molar-refractivity contribution is 7.99.